The molecule has 2 aromatic rings. The third-order valence-corrected chi connectivity index (χ3v) is 3.65. The maximum absolute atomic E-state index is 12.0. The van der Waals surface area contributed by atoms with Gasteiger partial charge in [-0.2, -0.15) is 5.10 Å². The molecule has 0 bridgehead atoms. The maximum atomic E-state index is 12.0. The minimum Gasteiger partial charge on any atom is -0.464 e. The molecule has 2 heterocycles. The fraction of sp³-hybridized carbons (Fsp3) is 0.222. The van der Waals surface area contributed by atoms with Crippen LogP contribution >= 0.6 is 0 Å². The third kappa shape index (κ3) is 2.32. The summed E-state index contributed by atoms with van der Waals surface area (Å²) in [6, 6.07) is 1.41. The summed E-state index contributed by atoms with van der Waals surface area (Å²) in [5, 5.41) is 6.16. The van der Waals surface area contributed by atoms with Crippen LogP contribution in [0.25, 0.3) is 0 Å². The van der Waals surface area contributed by atoms with Gasteiger partial charge in [0, 0.05) is 12.3 Å². The molecule has 0 fully saturated rings. The highest BCUT2D eigenvalue weighted by Gasteiger charge is 2.21. The van der Waals surface area contributed by atoms with Gasteiger partial charge in [0.05, 0.1) is 18.4 Å². The number of nitrogens with one attached hydrogen (secondary N) is 2. The molecule has 0 unspecified atom stereocenters. The zero-order chi connectivity index (χ0) is 12.5. The number of H-pyrrole nitrogens is 1. The smallest absolute Gasteiger partial charge is 0.265 e. The molecule has 0 amide bonds. The van der Waals surface area contributed by atoms with Crippen molar-refractivity contribution in [3.63, 3.8) is 0 Å². The maximum Gasteiger partial charge on any atom is 0.265 e. The molecule has 0 aliphatic rings. The van der Waals surface area contributed by atoms with Crippen LogP contribution in [0.3, 0.4) is 0 Å². The molecule has 17 heavy (non-hydrogen) atoms. The van der Waals surface area contributed by atoms with Crippen molar-refractivity contribution < 1.29 is 12.8 Å². The van der Waals surface area contributed by atoms with Crippen LogP contribution in [-0.4, -0.2) is 18.6 Å². The molecule has 0 saturated heterocycles. The van der Waals surface area contributed by atoms with Crippen molar-refractivity contribution in [2.24, 2.45) is 5.73 Å². The van der Waals surface area contributed by atoms with E-state index in [-0.39, 0.29) is 11.4 Å². The van der Waals surface area contributed by atoms with Crippen molar-refractivity contribution in [2.45, 2.75) is 18.4 Å². The molecule has 0 spiro atoms. The quantitative estimate of drug-likeness (QED) is 0.740. The molecule has 0 saturated carbocycles. The molecule has 0 aromatic carbocycles. The lowest BCUT2D eigenvalue weighted by Gasteiger charge is -2.03. The molecule has 0 atom stereocenters. The van der Waals surface area contributed by atoms with Gasteiger partial charge < -0.3 is 10.2 Å². The molecule has 0 aliphatic carbocycles. The monoisotopic (exact) mass is 256 g/mol. The Morgan fingerprint density at radius 3 is 2.88 bits per heavy atom. The van der Waals surface area contributed by atoms with Gasteiger partial charge in [0.15, 0.2) is 0 Å². The van der Waals surface area contributed by atoms with E-state index in [1.165, 1.54) is 18.5 Å². The van der Waals surface area contributed by atoms with E-state index >= 15 is 0 Å². The Morgan fingerprint density at radius 1 is 1.59 bits per heavy atom. The minimum absolute atomic E-state index is 0.0825. The van der Waals surface area contributed by atoms with E-state index in [2.05, 4.69) is 14.9 Å². The van der Waals surface area contributed by atoms with E-state index in [1.807, 2.05) is 0 Å². The topological polar surface area (TPSA) is 114 Å². The number of aromatic amines is 1. The normalized spacial score (nSPS) is 11.6. The molecular formula is C9H12N4O3S. The summed E-state index contributed by atoms with van der Waals surface area (Å²) >= 11 is 0. The minimum atomic E-state index is -3.66. The Bertz CT molecular complexity index is 600. The van der Waals surface area contributed by atoms with Crippen molar-refractivity contribution in [3.05, 3.63) is 30.0 Å². The molecule has 2 aromatic heterocycles. The van der Waals surface area contributed by atoms with Crippen LogP contribution in [0.2, 0.25) is 0 Å². The van der Waals surface area contributed by atoms with Gasteiger partial charge in [-0.3, -0.25) is 9.82 Å². The Morgan fingerprint density at radius 2 is 2.35 bits per heavy atom. The van der Waals surface area contributed by atoms with Gasteiger partial charge in [-0.25, -0.2) is 8.42 Å². The number of aromatic nitrogens is 2. The molecule has 8 heteroatoms. The largest absolute Gasteiger partial charge is 0.464 e. The number of nitrogens with two attached hydrogens (primary N) is 1. The number of aryl methyl sites for hydroxylation is 1. The fourth-order valence-corrected chi connectivity index (χ4v) is 2.65. The second kappa shape index (κ2) is 4.22. The van der Waals surface area contributed by atoms with Gasteiger partial charge in [-0.1, -0.05) is 0 Å². The van der Waals surface area contributed by atoms with Crippen LogP contribution in [-0.2, 0) is 16.6 Å². The lowest BCUT2D eigenvalue weighted by atomic mass is 10.4. The van der Waals surface area contributed by atoms with Crippen molar-refractivity contribution in [1.82, 2.24) is 10.2 Å². The summed E-state index contributed by atoms with van der Waals surface area (Å²) in [5.74, 6) is 0.733. The third-order valence-electron chi connectivity index (χ3n) is 2.16. The van der Waals surface area contributed by atoms with Crippen molar-refractivity contribution in [2.75, 3.05) is 4.72 Å². The number of furan rings is 1. The number of hydrogen-bond donors (Lipinski definition) is 3. The van der Waals surface area contributed by atoms with E-state index in [1.54, 1.807) is 6.92 Å². The zero-order valence-electron chi connectivity index (χ0n) is 9.10. The second-order valence-electron chi connectivity index (χ2n) is 3.43. The van der Waals surface area contributed by atoms with Crippen LogP contribution in [0.1, 0.15) is 11.5 Å². The van der Waals surface area contributed by atoms with Crippen LogP contribution in [0.15, 0.2) is 27.8 Å². The molecule has 2 rings (SSSR count). The van der Waals surface area contributed by atoms with Gasteiger partial charge in [0.1, 0.15) is 16.4 Å². The Hall–Kier alpha value is -1.80. The van der Waals surface area contributed by atoms with Crippen LogP contribution in [0.5, 0.6) is 0 Å². The molecule has 7 nitrogen and oxygen atoms in total. The highest BCUT2D eigenvalue weighted by atomic mass is 32.2. The van der Waals surface area contributed by atoms with Crippen LogP contribution in [0.4, 0.5) is 5.69 Å². The molecule has 0 aliphatic heterocycles. The average Bonchev–Trinajstić information content (AvgIpc) is 2.86. The summed E-state index contributed by atoms with van der Waals surface area (Å²) in [7, 11) is -3.66. The van der Waals surface area contributed by atoms with E-state index < -0.39 is 10.0 Å². The highest BCUT2D eigenvalue weighted by molar-refractivity contribution is 7.92. The summed E-state index contributed by atoms with van der Waals surface area (Å²) in [5.41, 5.74) is 5.75. The second-order valence-corrected chi connectivity index (χ2v) is 5.08. The van der Waals surface area contributed by atoms with Gasteiger partial charge in [0.25, 0.3) is 10.0 Å². The predicted molar refractivity (Wildman–Crippen MR) is 60.7 cm³/mol. The van der Waals surface area contributed by atoms with Crippen molar-refractivity contribution in [3.8, 4) is 0 Å². The van der Waals surface area contributed by atoms with E-state index in [4.69, 9.17) is 10.2 Å². The van der Waals surface area contributed by atoms with Gasteiger partial charge >= 0.3 is 0 Å². The number of sulfonamides is 1. The molecular weight excluding hydrogens is 244 g/mol. The van der Waals surface area contributed by atoms with E-state index in [0.717, 1.165) is 0 Å². The number of nitrogens with zero attached hydrogens (tertiary/aromatic N) is 1. The Kier molecular flexibility index (Phi) is 2.90. The lowest BCUT2D eigenvalue weighted by Crippen LogP contribution is -2.12. The van der Waals surface area contributed by atoms with E-state index in [0.29, 0.717) is 17.2 Å². The lowest BCUT2D eigenvalue weighted by molar-refractivity contribution is 0.479. The Labute approximate surface area is 98.1 Å². The highest BCUT2D eigenvalue weighted by Crippen LogP contribution is 2.22. The van der Waals surface area contributed by atoms with Gasteiger partial charge in [-0.05, 0) is 6.92 Å². The van der Waals surface area contributed by atoms with Crippen molar-refractivity contribution >= 4 is 15.7 Å². The first-order valence-corrected chi connectivity index (χ1v) is 6.32. The van der Waals surface area contributed by atoms with E-state index in [9.17, 15) is 8.42 Å². The molecule has 92 valence electrons. The van der Waals surface area contributed by atoms with Gasteiger partial charge in [0.2, 0.25) is 0 Å². The molecule has 4 N–H and O–H groups in total. The van der Waals surface area contributed by atoms with Gasteiger partial charge in [-0.15, -0.1) is 0 Å². The number of rotatable bonds is 4. The first kappa shape index (κ1) is 11.7. The number of hydrogen-bond acceptors (Lipinski definition) is 5. The fourth-order valence-electron chi connectivity index (χ4n) is 1.41. The summed E-state index contributed by atoms with van der Waals surface area (Å²) in [6.45, 7) is 1.73. The van der Waals surface area contributed by atoms with Crippen LogP contribution < -0.4 is 10.5 Å². The Balaban J connectivity index is 2.34. The average molecular weight is 256 g/mol. The predicted octanol–water partition coefficient (Wildman–Crippen LogP) is 0.571. The SMILES string of the molecule is Cc1oc(CN)cc1S(=O)(=O)Nc1cn[nH]c1. The summed E-state index contributed by atoms with van der Waals surface area (Å²) in [6.07, 6.45) is 2.81. The first-order valence-electron chi connectivity index (χ1n) is 4.84. The van der Waals surface area contributed by atoms with Crippen molar-refractivity contribution in [1.29, 1.82) is 0 Å². The first-order chi connectivity index (χ1) is 8.03. The zero-order valence-corrected chi connectivity index (χ0v) is 9.91. The number of anilines is 1. The summed E-state index contributed by atoms with van der Waals surface area (Å²) < 4.78 is 31.6. The summed E-state index contributed by atoms with van der Waals surface area (Å²) in [4.78, 5) is 0.0825. The standard InChI is InChI=1S/C9H12N4O3S/c1-6-9(2-8(3-10)16-6)17(14,15)13-7-4-11-12-5-7/h2,4-5,13H,3,10H2,1H3,(H,11,12). The molecule has 0 radical (unpaired) electrons. The van der Waals surface area contributed by atoms with Crippen LogP contribution in [0, 0.1) is 6.92 Å².